The summed E-state index contributed by atoms with van der Waals surface area (Å²) in [7, 11) is 0. The smallest absolute Gasteiger partial charge is 0.330 e. The maximum absolute atomic E-state index is 14.4. The second-order valence-electron chi connectivity index (χ2n) is 19.9. The molecule has 0 aliphatic carbocycles. The van der Waals surface area contributed by atoms with E-state index in [1.165, 1.54) is 0 Å². The first-order valence-electron chi connectivity index (χ1n) is 25.2. The number of aliphatic hydroxyl groups excluding tert-OH is 4. The lowest BCUT2D eigenvalue weighted by Gasteiger charge is -2.34. The Morgan fingerprint density at radius 3 is 2.11 bits per heavy atom. The maximum atomic E-state index is 14.4. The number of rotatable bonds is 29. The quantitative estimate of drug-likeness (QED) is 0.0266. The van der Waals surface area contributed by atoms with Crippen LogP contribution in [0.1, 0.15) is 92.7 Å². The summed E-state index contributed by atoms with van der Waals surface area (Å²) in [6.45, 7) is 9.98. The number of carboxylic acid groups (broad SMARTS) is 2. The number of aliphatic imine (C=N–C) groups is 1. The number of carbonyl (C=O) groups excluding carboxylic acids is 4. The number of guanidine groups is 1. The molecule has 0 radical (unpaired) electrons. The molecule has 4 heterocycles. The molecule has 0 spiro atoms. The van der Waals surface area contributed by atoms with Gasteiger partial charge in [0.2, 0.25) is 11.8 Å². The monoisotopic (exact) mass is 1070 g/mol. The van der Waals surface area contributed by atoms with Gasteiger partial charge in [-0.05, 0) is 43.6 Å². The summed E-state index contributed by atoms with van der Waals surface area (Å²) in [6.07, 6.45) is -12.7. The molecular weight excluding hydrogens is 995 g/mol. The van der Waals surface area contributed by atoms with Crippen molar-refractivity contribution in [3.63, 3.8) is 0 Å². The van der Waals surface area contributed by atoms with E-state index in [0.717, 1.165) is 36.1 Å². The predicted molar refractivity (Wildman–Crippen MR) is 263 cm³/mol. The Kier molecular flexibility index (Phi) is 23.8. The molecule has 424 valence electrons. The molecule has 3 aliphatic heterocycles. The zero-order valence-corrected chi connectivity index (χ0v) is 43.0. The number of hydrogen-bond donors (Lipinski definition) is 15. The first-order chi connectivity index (χ1) is 35.4. The largest absolute Gasteiger partial charge is 0.480 e. The van der Waals surface area contributed by atoms with Crippen LogP contribution in [0, 0.1) is 17.8 Å². The summed E-state index contributed by atoms with van der Waals surface area (Å²) < 4.78 is 24.0. The molecule has 15 atom stereocenters. The zero-order chi connectivity index (χ0) is 55.8. The second-order valence-corrected chi connectivity index (χ2v) is 19.9. The fourth-order valence-corrected chi connectivity index (χ4v) is 8.76. The van der Waals surface area contributed by atoms with Crippen molar-refractivity contribution in [1.82, 2.24) is 41.5 Å². The van der Waals surface area contributed by atoms with Crippen LogP contribution in [0.25, 0.3) is 0 Å². The third kappa shape index (κ3) is 17.4. The molecule has 0 unspecified atom stereocenters. The van der Waals surface area contributed by atoms with Gasteiger partial charge < -0.3 is 93.0 Å². The number of carboxylic acids is 2. The topological polar surface area (TPSA) is 452 Å². The van der Waals surface area contributed by atoms with E-state index in [4.69, 9.17) is 30.4 Å². The van der Waals surface area contributed by atoms with E-state index in [1.54, 1.807) is 27.7 Å². The molecule has 17 N–H and O–H groups in total. The average molecular weight is 1070 g/mol. The summed E-state index contributed by atoms with van der Waals surface area (Å²) in [5.41, 5.74) is 9.79. The highest BCUT2D eigenvalue weighted by molar-refractivity contribution is 5.94. The summed E-state index contributed by atoms with van der Waals surface area (Å²) in [6, 6.07) is -7.36. The summed E-state index contributed by atoms with van der Waals surface area (Å²) in [4.78, 5) is 111. The summed E-state index contributed by atoms with van der Waals surface area (Å²) >= 11 is 0. The number of amides is 4. The van der Waals surface area contributed by atoms with E-state index in [1.807, 2.05) is 4.98 Å². The number of aromatic amines is 1. The Morgan fingerprint density at radius 2 is 1.52 bits per heavy atom. The number of nitrogens with zero attached hydrogens (tertiary/aromatic N) is 2. The standard InChI is InChI=1S/C46H77N11O18/c1-20(2)11-8-7-9-12-26(59)73-35(22(5)6)29(54-39(65)28(23-13-17-51-44(48)52-23)56-45(70)55-27(21(3)4)41(66)67)38(64)50-16-10-15-49-30(42(68)69)36(75-43-34(63)31(60)24(19-47)72-43)37-32(61)33(62)40(74-37)57-18-14-25(58)53-46(57)71/h14,18,20-24,27-37,40,43,49,60-63H,7-13,15-17,19,47H2,1-6H3,(H,50,64)(H,54,65)(H,66,67)(H,68,69)(H3,48,51,52)(H,53,58,71)(H2,55,56,70)/t23-,24+,27-,28-,29-,30-,31+,32-,33+,34+,35-,36-,37-,40+,43-/m0/s1. The van der Waals surface area contributed by atoms with Gasteiger partial charge in [0.1, 0.15) is 73.0 Å². The first-order valence-corrected chi connectivity index (χ1v) is 25.2. The second kappa shape index (κ2) is 28.9. The number of aliphatic hydroxyl groups is 4. The molecule has 75 heavy (non-hydrogen) atoms. The van der Waals surface area contributed by atoms with Crippen molar-refractivity contribution in [2.24, 2.45) is 34.2 Å². The van der Waals surface area contributed by atoms with Gasteiger partial charge >= 0.3 is 29.6 Å². The number of nitrogens with one attached hydrogen (secondary N) is 7. The highest BCUT2D eigenvalue weighted by Crippen LogP contribution is 2.34. The molecule has 29 nitrogen and oxygen atoms in total. The average Bonchev–Trinajstić information content (AvgIpc) is 3.78. The number of H-pyrrole nitrogens is 1. The molecule has 0 aromatic carbocycles. The van der Waals surface area contributed by atoms with Crippen molar-refractivity contribution in [3.8, 4) is 0 Å². The van der Waals surface area contributed by atoms with Crippen molar-refractivity contribution >= 4 is 41.7 Å². The van der Waals surface area contributed by atoms with Crippen LogP contribution < -0.4 is 54.6 Å². The van der Waals surface area contributed by atoms with Gasteiger partial charge in [0.25, 0.3) is 5.56 Å². The molecule has 0 saturated carbocycles. The van der Waals surface area contributed by atoms with Crippen LogP contribution >= 0.6 is 0 Å². The molecule has 1 aromatic heterocycles. The Balaban J connectivity index is 1.58. The fraction of sp³-hybridized carbons (Fsp3) is 0.761. The molecule has 4 rings (SSSR count). The molecule has 29 heteroatoms. The normalized spacial score (nSPS) is 26.1. The minimum Gasteiger partial charge on any atom is -0.480 e. The molecule has 4 amide bonds. The highest BCUT2D eigenvalue weighted by atomic mass is 16.7. The molecule has 2 fully saturated rings. The Morgan fingerprint density at radius 1 is 0.827 bits per heavy atom. The lowest BCUT2D eigenvalue weighted by molar-refractivity contribution is -0.228. The number of unbranched alkanes of at least 4 members (excludes halogenated alkanes) is 2. The summed E-state index contributed by atoms with van der Waals surface area (Å²) in [5.74, 6) is -6.14. The van der Waals surface area contributed by atoms with Gasteiger partial charge in [-0.25, -0.2) is 14.4 Å². The third-order valence-corrected chi connectivity index (χ3v) is 12.9. The Bertz CT molecular complexity index is 2230. The number of ether oxygens (including phenoxy) is 4. The first kappa shape index (κ1) is 61.8. The molecule has 0 bridgehead atoms. The van der Waals surface area contributed by atoms with E-state index in [0.29, 0.717) is 12.3 Å². The number of aromatic nitrogens is 2. The van der Waals surface area contributed by atoms with Gasteiger partial charge in [-0.1, -0.05) is 60.8 Å². The van der Waals surface area contributed by atoms with Gasteiger partial charge in [0.15, 0.2) is 18.5 Å². The van der Waals surface area contributed by atoms with Crippen molar-refractivity contribution in [2.45, 2.75) is 178 Å². The molecular formula is C46H77N11O18. The third-order valence-electron chi connectivity index (χ3n) is 12.9. The van der Waals surface area contributed by atoms with E-state index >= 15 is 0 Å². The Hall–Kier alpha value is -5.79. The highest BCUT2D eigenvalue weighted by Gasteiger charge is 2.54. The van der Waals surface area contributed by atoms with E-state index in [-0.39, 0.29) is 51.4 Å². The lowest BCUT2D eigenvalue weighted by atomic mass is 9.96. The number of aliphatic carboxylic acids is 2. The minimum absolute atomic E-state index is 0.00841. The van der Waals surface area contributed by atoms with Crippen molar-refractivity contribution in [3.05, 3.63) is 33.1 Å². The zero-order valence-electron chi connectivity index (χ0n) is 43.0. The van der Waals surface area contributed by atoms with E-state index in [2.05, 4.69) is 50.7 Å². The SMILES string of the molecule is CC(C)CCCCCC(=O)O[C@@H](C(C)C)[C@H](NC(=O)[C@@H](NC(=O)N[C@H](C(=O)O)C(C)C)[C@@H]1CCN=C(N)N1)C(=O)NCCCN[C@H](C(=O)O)[C@H](O[C@@H]1O[C@H](CN)[C@@H](O)[C@H]1O)[C@H]1O[C@@H](n2ccc(=O)[nH]c2=O)[C@H](O)[C@@H]1O. The van der Waals surface area contributed by atoms with Gasteiger partial charge in [-0.15, -0.1) is 0 Å². The van der Waals surface area contributed by atoms with E-state index < -0.39 is 150 Å². The predicted octanol–water partition coefficient (Wildman–Crippen LogP) is -4.39. The number of esters is 1. The fourth-order valence-electron chi connectivity index (χ4n) is 8.76. The number of carbonyl (C=O) groups is 6. The number of urea groups is 1. The lowest BCUT2D eigenvalue weighted by Crippen LogP contribution is -2.66. The van der Waals surface area contributed by atoms with Gasteiger partial charge in [-0.3, -0.25) is 38.5 Å². The van der Waals surface area contributed by atoms with E-state index in [9.17, 15) is 69.0 Å². The van der Waals surface area contributed by atoms with Crippen LogP contribution in [0.2, 0.25) is 0 Å². The number of hydrogen-bond acceptors (Lipinski definition) is 21. The van der Waals surface area contributed by atoms with Crippen LogP contribution in [0.3, 0.4) is 0 Å². The van der Waals surface area contributed by atoms with Crippen LogP contribution in [0.15, 0.2) is 26.8 Å². The summed E-state index contributed by atoms with van der Waals surface area (Å²) in [5, 5.41) is 79.6. The van der Waals surface area contributed by atoms with Crippen LogP contribution in [-0.4, -0.2) is 193 Å². The van der Waals surface area contributed by atoms with Gasteiger partial charge in [0, 0.05) is 38.3 Å². The minimum atomic E-state index is -1.97. The van der Waals surface area contributed by atoms with Crippen LogP contribution in [-0.2, 0) is 42.9 Å². The van der Waals surface area contributed by atoms with Crippen molar-refractivity contribution in [2.75, 3.05) is 26.2 Å². The van der Waals surface area contributed by atoms with Crippen molar-refractivity contribution in [1.29, 1.82) is 0 Å². The van der Waals surface area contributed by atoms with Crippen LogP contribution in [0.5, 0.6) is 0 Å². The Labute approximate surface area is 432 Å². The maximum Gasteiger partial charge on any atom is 0.330 e. The molecule has 2 saturated heterocycles. The molecule has 1 aromatic rings. The van der Waals surface area contributed by atoms with Crippen LogP contribution in [0.4, 0.5) is 4.79 Å². The van der Waals surface area contributed by atoms with Gasteiger partial charge in [0.05, 0.1) is 6.04 Å². The number of nitrogens with two attached hydrogens (primary N) is 2. The molecule has 3 aliphatic rings. The van der Waals surface area contributed by atoms with Gasteiger partial charge in [-0.2, -0.15) is 0 Å². The van der Waals surface area contributed by atoms with Crippen molar-refractivity contribution < 1.29 is 78.4 Å².